The highest BCUT2D eigenvalue weighted by Crippen LogP contribution is 2.27. The fourth-order valence-electron chi connectivity index (χ4n) is 2.03. The lowest BCUT2D eigenvalue weighted by Crippen LogP contribution is -2.24. The van der Waals surface area contributed by atoms with E-state index in [1.165, 1.54) is 5.56 Å². The first kappa shape index (κ1) is 13.3. The number of rotatable bonds is 3. The largest absolute Gasteiger partial charge is 0.385 e. The minimum absolute atomic E-state index is 0.615. The molecule has 0 radical (unpaired) electrons. The van der Waals surface area contributed by atoms with Gasteiger partial charge < -0.3 is 5.11 Å². The monoisotopic (exact) mass is 304 g/mol. The lowest BCUT2D eigenvalue weighted by Gasteiger charge is -2.24. The Bertz CT molecular complexity index is 529. The Balaban J connectivity index is 2.23. The normalized spacial score (nSPS) is 14.2. The van der Waals surface area contributed by atoms with Gasteiger partial charge >= 0.3 is 0 Å². The van der Waals surface area contributed by atoms with Crippen molar-refractivity contribution in [3.05, 3.63) is 69.7 Å². The van der Waals surface area contributed by atoms with Crippen molar-refractivity contribution in [3.63, 3.8) is 0 Å². The summed E-state index contributed by atoms with van der Waals surface area (Å²) in [6.45, 7) is 3.92. The summed E-state index contributed by atoms with van der Waals surface area (Å²) < 4.78 is 0.990. The van der Waals surface area contributed by atoms with Gasteiger partial charge in [-0.25, -0.2) is 0 Å². The van der Waals surface area contributed by atoms with Crippen LogP contribution in [-0.4, -0.2) is 5.11 Å². The molecule has 18 heavy (non-hydrogen) atoms. The van der Waals surface area contributed by atoms with Crippen LogP contribution < -0.4 is 0 Å². The minimum Gasteiger partial charge on any atom is -0.385 e. The predicted octanol–water partition coefficient (Wildman–Crippen LogP) is 4.21. The standard InChI is InChI=1S/C16H17BrO/c1-12-6-8-13(9-7-12)11-16(2,18)14-4-3-5-15(17)10-14/h3-10,18H,11H2,1-2H3. The van der Waals surface area contributed by atoms with Gasteiger partial charge in [-0.2, -0.15) is 0 Å². The number of aryl methyl sites for hydroxylation is 1. The molecule has 0 bridgehead atoms. The molecule has 0 aliphatic rings. The van der Waals surface area contributed by atoms with Gasteiger partial charge in [0.05, 0.1) is 5.60 Å². The summed E-state index contributed by atoms with van der Waals surface area (Å²) in [6, 6.07) is 16.1. The van der Waals surface area contributed by atoms with Crippen molar-refractivity contribution < 1.29 is 5.11 Å². The van der Waals surface area contributed by atoms with Crippen LogP contribution in [0.15, 0.2) is 53.0 Å². The summed E-state index contributed by atoms with van der Waals surface area (Å²) in [6.07, 6.45) is 0.615. The molecule has 0 aliphatic carbocycles. The summed E-state index contributed by atoms with van der Waals surface area (Å²) >= 11 is 3.44. The second kappa shape index (κ2) is 5.25. The average molecular weight is 305 g/mol. The van der Waals surface area contributed by atoms with Crippen LogP contribution in [0.4, 0.5) is 0 Å². The van der Waals surface area contributed by atoms with Gasteiger partial charge in [0.15, 0.2) is 0 Å². The molecule has 2 rings (SSSR count). The maximum atomic E-state index is 10.6. The molecule has 0 aliphatic heterocycles. The summed E-state index contributed by atoms with van der Waals surface area (Å²) in [5.74, 6) is 0. The Labute approximate surface area is 117 Å². The molecule has 0 fully saturated rings. The molecule has 2 aromatic carbocycles. The molecule has 1 unspecified atom stereocenters. The topological polar surface area (TPSA) is 20.2 Å². The molecule has 2 aromatic rings. The number of halogens is 1. The van der Waals surface area contributed by atoms with Crippen molar-refractivity contribution in [1.29, 1.82) is 0 Å². The van der Waals surface area contributed by atoms with Gasteiger partial charge in [-0.1, -0.05) is 57.9 Å². The Hall–Kier alpha value is -1.12. The molecule has 94 valence electrons. The molecule has 1 N–H and O–H groups in total. The van der Waals surface area contributed by atoms with Crippen LogP contribution in [-0.2, 0) is 12.0 Å². The summed E-state index contributed by atoms with van der Waals surface area (Å²) in [4.78, 5) is 0. The van der Waals surface area contributed by atoms with Crippen LogP contribution in [0.3, 0.4) is 0 Å². The zero-order valence-corrected chi connectivity index (χ0v) is 12.2. The Morgan fingerprint density at radius 1 is 1.11 bits per heavy atom. The highest BCUT2D eigenvalue weighted by atomic mass is 79.9. The van der Waals surface area contributed by atoms with E-state index in [2.05, 4.69) is 47.1 Å². The summed E-state index contributed by atoms with van der Waals surface area (Å²) in [5, 5.41) is 10.6. The van der Waals surface area contributed by atoms with Crippen LogP contribution in [0.5, 0.6) is 0 Å². The first-order valence-electron chi connectivity index (χ1n) is 6.01. The van der Waals surface area contributed by atoms with E-state index in [1.54, 1.807) is 0 Å². The lowest BCUT2D eigenvalue weighted by molar-refractivity contribution is 0.0575. The van der Waals surface area contributed by atoms with E-state index in [9.17, 15) is 5.11 Å². The van der Waals surface area contributed by atoms with Crippen molar-refractivity contribution in [3.8, 4) is 0 Å². The number of hydrogen-bond acceptors (Lipinski definition) is 1. The van der Waals surface area contributed by atoms with Crippen LogP contribution in [0, 0.1) is 6.92 Å². The first-order valence-corrected chi connectivity index (χ1v) is 6.81. The minimum atomic E-state index is -0.848. The van der Waals surface area contributed by atoms with Crippen molar-refractivity contribution in [2.75, 3.05) is 0 Å². The maximum Gasteiger partial charge on any atom is 0.0909 e. The van der Waals surface area contributed by atoms with E-state index in [0.717, 1.165) is 15.6 Å². The molecule has 2 heteroatoms. The highest BCUT2D eigenvalue weighted by Gasteiger charge is 2.23. The van der Waals surface area contributed by atoms with E-state index in [0.29, 0.717) is 6.42 Å². The highest BCUT2D eigenvalue weighted by molar-refractivity contribution is 9.10. The molecule has 0 spiro atoms. The molecule has 0 amide bonds. The first-order chi connectivity index (χ1) is 8.47. The Morgan fingerprint density at radius 3 is 2.39 bits per heavy atom. The predicted molar refractivity (Wildman–Crippen MR) is 78.6 cm³/mol. The summed E-state index contributed by atoms with van der Waals surface area (Å²) in [5.41, 5.74) is 2.46. The molecule has 0 saturated heterocycles. The number of hydrogen-bond donors (Lipinski definition) is 1. The van der Waals surface area contributed by atoms with E-state index in [4.69, 9.17) is 0 Å². The van der Waals surface area contributed by atoms with Crippen molar-refractivity contribution >= 4 is 15.9 Å². The molecular weight excluding hydrogens is 288 g/mol. The van der Waals surface area contributed by atoms with Gasteiger partial charge in [0.1, 0.15) is 0 Å². The molecule has 1 nitrogen and oxygen atoms in total. The fourth-order valence-corrected chi connectivity index (χ4v) is 2.43. The summed E-state index contributed by atoms with van der Waals surface area (Å²) in [7, 11) is 0. The SMILES string of the molecule is Cc1ccc(CC(C)(O)c2cccc(Br)c2)cc1. The van der Waals surface area contributed by atoms with Crippen molar-refractivity contribution in [1.82, 2.24) is 0 Å². The third-order valence-corrected chi connectivity index (χ3v) is 3.61. The van der Waals surface area contributed by atoms with Gasteiger partial charge in [-0.3, -0.25) is 0 Å². The molecule has 0 saturated carbocycles. The molecule has 0 heterocycles. The van der Waals surface area contributed by atoms with Gasteiger partial charge in [0, 0.05) is 10.9 Å². The zero-order chi connectivity index (χ0) is 13.2. The van der Waals surface area contributed by atoms with Crippen LogP contribution in [0.2, 0.25) is 0 Å². The van der Waals surface area contributed by atoms with Crippen molar-refractivity contribution in [2.24, 2.45) is 0 Å². The van der Waals surface area contributed by atoms with Crippen molar-refractivity contribution in [2.45, 2.75) is 25.9 Å². The van der Waals surface area contributed by atoms with E-state index in [-0.39, 0.29) is 0 Å². The van der Waals surface area contributed by atoms with Crippen LogP contribution in [0.1, 0.15) is 23.6 Å². The van der Waals surface area contributed by atoms with Crippen LogP contribution in [0.25, 0.3) is 0 Å². The Kier molecular flexibility index (Phi) is 3.88. The number of aliphatic hydroxyl groups is 1. The van der Waals surface area contributed by atoms with Gasteiger partial charge in [0.2, 0.25) is 0 Å². The maximum absolute atomic E-state index is 10.6. The van der Waals surface area contributed by atoms with Crippen LogP contribution >= 0.6 is 15.9 Å². The second-order valence-corrected chi connectivity index (χ2v) is 5.86. The van der Waals surface area contributed by atoms with Gasteiger partial charge in [0.25, 0.3) is 0 Å². The lowest BCUT2D eigenvalue weighted by atomic mass is 9.89. The van der Waals surface area contributed by atoms with Gasteiger partial charge in [-0.15, -0.1) is 0 Å². The second-order valence-electron chi connectivity index (χ2n) is 4.95. The van der Waals surface area contributed by atoms with E-state index >= 15 is 0 Å². The molecule has 0 aromatic heterocycles. The van der Waals surface area contributed by atoms with Gasteiger partial charge in [-0.05, 0) is 37.1 Å². The number of benzene rings is 2. The average Bonchev–Trinajstić information content (AvgIpc) is 2.32. The molecular formula is C16H17BrO. The fraction of sp³-hybridized carbons (Fsp3) is 0.250. The van der Waals surface area contributed by atoms with E-state index < -0.39 is 5.60 Å². The smallest absolute Gasteiger partial charge is 0.0909 e. The van der Waals surface area contributed by atoms with E-state index in [1.807, 2.05) is 31.2 Å². The third kappa shape index (κ3) is 3.21. The zero-order valence-electron chi connectivity index (χ0n) is 10.7. The third-order valence-electron chi connectivity index (χ3n) is 3.12. The quantitative estimate of drug-likeness (QED) is 0.900. The Morgan fingerprint density at radius 2 is 1.78 bits per heavy atom. The molecule has 1 atom stereocenters.